The van der Waals surface area contributed by atoms with Crippen LogP contribution in [-0.2, 0) is 23.6 Å². The summed E-state index contributed by atoms with van der Waals surface area (Å²) in [5.74, 6) is 0.239. The van der Waals surface area contributed by atoms with Crippen molar-refractivity contribution in [1.82, 2.24) is 20.2 Å². The van der Waals surface area contributed by atoms with Gasteiger partial charge in [0.05, 0.1) is 23.6 Å². The number of rotatable bonds is 3. The Kier molecular flexibility index (Phi) is 3.04. The lowest BCUT2D eigenvalue weighted by molar-refractivity contribution is 0.626. The first-order valence-electron chi connectivity index (χ1n) is 4.52. The minimum absolute atomic E-state index is 0.180. The Morgan fingerprint density at radius 1 is 1.38 bits per heavy atom. The number of halogens is 1. The predicted octanol–water partition coefficient (Wildman–Crippen LogP) is 0.657. The minimum Gasteiger partial charge on any atom is -0.254 e. The number of aryl methyl sites for hydroxylation is 1. The van der Waals surface area contributed by atoms with E-state index in [2.05, 4.69) is 15.4 Å². The SMILES string of the molecule is Cn1nnc(CS(=O)c2ccc(F)cc2)n1. The third-order valence-corrected chi connectivity index (χ3v) is 3.20. The monoisotopic (exact) mass is 240 g/mol. The number of hydrogen-bond acceptors (Lipinski definition) is 4. The number of tetrazole rings is 1. The second kappa shape index (κ2) is 4.48. The highest BCUT2D eigenvalue weighted by Gasteiger charge is 2.09. The highest BCUT2D eigenvalue weighted by Crippen LogP contribution is 2.10. The Hall–Kier alpha value is -1.63. The molecule has 7 heteroatoms. The first kappa shape index (κ1) is 10.9. The van der Waals surface area contributed by atoms with Gasteiger partial charge >= 0.3 is 0 Å². The van der Waals surface area contributed by atoms with Gasteiger partial charge in [-0.3, -0.25) is 4.21 Å². The molecule has 0 aliphatic rings. The van der Waals surface area contributed by atoms with Crippen LogP contribution in [0.15, 0.2) is 29.2 Å². The molecule has 16 heavy (non-hydrogen) atoms. The molecule has 0 radical (unpaired) electrons. The first-order valence-corrected chi connectivity index (χ1v) is 5.84. The van der Waals surface area contributed by atoms with Crippen LogP contribution in [0.2, 0.25) is 0 Å². The molecule has 1 heterocycles. The normalized spacial score (nSPS) is 12.6. The molecule has 0 aliphatic heterocycles. The number of hydrogen-bond donors (Lipinski definition) is 0. The van der Waals surface area contributed by atoms with Gasteiger partial charge in [0, 0.05) is 4.90 Å². The molecule has 0 saturated carbocycles. The van der Waals surface area contributed by atoms with E-state index < -0.39 is 10.8 Å². The van der Waals surface area contributed by atoms with Gasteiger partial charge in [-0.05, 0) is 29.5 Å². The molecule has 1 aromatic heterocycles. The summed E-state index contributed by atoms with van der Waals surface area (Å²) in [5, 5.41) is 11.3. The summed E-state index contributed by atoms with van der Waals surface area (Å²) >= 11 is 0. The van der Waals surface area contributed by atoms with Gasteiger partial charge in [-0.25, -0.2) is 4.39 Å². The number of aromatic nitrogens is 4. The maximum absolute atomic E-state index is 12.6. The van der Waals surface area contributed by atoms with Gasteiger partial charge in [0.25, 0.3) is 0 Å². The topological polar surface area (TPSA) is 60.7 Å². The van der Waals surface area contributed by atoms with Crippen molar-refractivity contribution in [2.45, 2.75) is 10.6 Å². The Morgan fingerprint density at radius 3 is 2.62 bits per heavy atom. The minimum atomic E-state index is -1.27. The van der Waals surface area contributed by atoms with E-state index in [4.69, 9.17) is 0 Å². The summed E-state index contributed by atoms with van der Waals surface area (Å²) in [6, 6.07) is 5.53. The Morgan fingerprint density at radius 2 is 2.06 bits per heavy atom. The van der Waals surface area contributed by atoms with Crippen LogP contribution in [0.25, 0.3) is 0 Å². The summed E-state index contributed by atoms with van der Waals surface area (Å²) in [5.41, 5.74) is 0. The van der Waals surface area contributed by atoms with Gasteiger partial charge in [0.15, 0.2) is 5.82 Å². The summed E-state index contributed by atoms with van der Waals surface area (Å²) in [6.07, 6.45) is 0. The fourth-order valence-corrected chi connectivity index (χ4v) is 2.12. The van der Waals surface area contributed by atoms with Crippen LogP contribution < -0.4 is 0 Å². The van der Waals surface area contributed by atoms with E-state index in [1.54, 1.807) is 7.05 Å². The number of nitrogens with zero attached hydrogens (tertiary/aromatic N) is 4. The largest absolute Gasteiger partial charge is 0.254 e. The molecule has 0 bridgehead atoms. The number of benzene rings is 1. The zero-order valence-electron chi connectivity index (χ0n) is 8.50. The van der Waals surface area contributed by atoms with Gasteiger partial charge in [-0.2, -0.15) is 4.80 Å². The van der Waals surface area contributed by atoms with Crippen LogP contribution in [0.3, 0.4) is 0 Å². The molecule has 0 saturated heterocycles. The smallest absolute Gasteiger partial charge is 0.187 e. The molecule has 2 aromatic rings. The van der Waals surface area contributed by atoms with Crippen molar-refractivity contribution in [1.29, 1.82) is 0 Å². The van der Waals surface area contributed by atoms with E-state index >= 15 is 0 Å². The average molecular weight is 240 g/mol. The van der Waals surface area contributed by atoms with E-state index in [1.165, 1.54) is 29.1 Å². The van der Waals surface area contributed by atoms with E-state index in [1.807, 2.05) is 0 Å². The van der Waals surface area contributed by atoms with Crippen molar-refractivity contribution in [2.24, 2.45) is 7.05 Å². The second-order valence-electron chi connectivity index (χ2n) is 3.14. The van der Waals surface area contributed by atoms with Crippen LogP contribution in [0, 0.1) is 5.82 Å². The van der Waals surface area contributed by atoms with E-state index in [9.17, 15) is 8.60 Å². The molecule has 0 amide bonds. The molecule has 2 rings (SSSR count). The maximum Gasteiger partial charge on any atom is 0.187 e. The molecule has 0 spiro atoms. The Labute approximate surface area is 93.7 Å². The van der Waals surface area contributed by atoms with Crippen LogP contribution >= 0.6 is 0 Å². The second-order valence-corrected chi connectivity index (χ2v) is 4.59. The van der Waals surface area contributed by atoms with Crippen molar-refractivity contribution in [3.63, 3.8) is 0 Å². The van der Waals surface area contributed by atoms with E-state index in [-0.39, 0.29) is 11.6 Å². The molecular weight excluding hydrogens is 231 g/mol. The Balaban J connectivity index is 2.11. The molecule has 0 N–H and O–H groups in total. The summed E-state index contributed by atoms with van der Waals surface area (Å²) in [7, 11) is 0.362. The van der Waals surface area contributed by atoms with Gasteiger partial charge in [0.2, 0.25) is 0 Å². The van der Waals surface area contributed by atoms with Crippen molar-refractivity contribution >= 4 is 10.8 Å². The van der Waals surface area contributed by atoms with Crippen LogP contribution in [0.4, 0.5) is 4.39 Å². The van der Waals surface area contributed by atoms with Crippen LogP contribution in [-0.4, -0.2) is 24.4 Å². The van der Waals surface area contributed by atoms with Gasteiger partial charge in [-0.15, -0.1) is 10.2 Å². The highest BCUT2D eigenvalue weighted by molar-refractivity contribution is 7.84. The van der Waals surface area contributed by atoms with Crippen molar-refractivity contribution in [3.05, 3.63) is 35.9 Å². The third-order valence-electron chi connectivity index (χ3n) is 1.89. The van der Waals surface area contributed by atoms with Crippen molar-refractivity contribution < 1.29 is 8.60 Å². The van der Waals surface area contributed by atoms with E-state index in [0.29, 0.717) is 10.7 Å². The lowest BCUT2D eigenvalue weighted by Gasteiger charge is -1.98. The summed E-state index contributed by atoms with van der Waals surface area (Å²) in [4.78, 5) is 1.85. The molecule has 5 nitrogen and oxygen atoms in total. The molecule has 84 valence electrons. The Bertz CT molecular complexity index is 510. The van der Waals surface area contributed by atoms with E-state index in [0.717, 1.165) is 0 Å². The molecule has 0 fully saturated rings. The lowest BCUT2D eigenvalue weighted by Crippen LogP contribution is -1.99. The molecular formula is C9H9FN4OS. The quantitative estimate of drug-likeness (QED) is 0.790. The molecule has 0 aliphatic carbocycles. The zero-order chi connectivity index (χ0) is 11.5. The fraction of sp³-hybridized carbons (Fsp3) is 0.222. The third kappa shape index (κ3) is 2.48. The molecule has 1 aromatic carbocycles. The van der Waals surface area contributed by atoms with Gasteiger partial charge in [0.1, 0.15) is 5.82 Å². The van der Waals surface area contributed by atoms with Crippen LogP contribution in [0.5, 0.6) is 0 Å². The summed E-state index contributed by atoms with van der Waals surface area (Å²) in [6.45, 7) is 0. The fourth-order valence-electron chi connectivity index (χ4n) is 1.17. The van der Waals surface area contributed by atoms with Gasteiger partial charge < -0.3 is 0 Å². The van der Waals surface area contributed by atoms with Crippen molar-refractivity contribution in [3.8, 4) is 0 Å². The molecule has 1 atom stereocenters. The summed E-state index contributed by atoms with van der Waals surface area (Å²) < 4.78 is 24.4. The lowest BCUT2D eigenvalue weighted by atomic mass is 10.4. The standard InChI is InChI=1S/C9H9FN4OS/c1-14-12-9(11-13-14)6-16(15)8-4-2-7(10)3-5-8/h2-5H,6H2,1H3. The average Bonchev–Trinajstić information content (AvgIpc) is 2.65. The zero-order valence-corrected chi connectivity index (χ0v) is 9.32. The van der Waals surface area contributed by atoms with Gasteiger partial charge in [-0.1, -0.05) is 0 Å². The first-order chi connectivity index (χ1) is 7.65. The van der Waals surface area contributed by atoms with Crippen molar-refractivity contribution in [2.75, 3.05) is 0 Å². The molecule has 1 unspecified atom stereocenters. The maximum atomic E-state index is 12.6. The highest BCUT2D eigenvalue weighted by atomic mass is 32.2. The predicted molar refractivity (Wildman–Crippen MR) is 55.3 cm³/mol. The van der Waals surface area contributed by atoms with Crippen LogP contribution in [0.1, 0.15) is 5.82 Å².